The van der Waals surface area contributed by atoms with Crippen molar-refractivity contribution in [3.8, 4) is 0 Å². The molecule has 6 nitrogen and oxygen atoms in total. The van der Waals surface area contributed by atoms with Crippen LogP contribution in [-0.4, -0.2) is 16.8 Å². The summed E-state index contributed by atoms with van der Waals surface area (Å²) in [5.41, 5.74) is -0.353. The van der Waals surface area contributed by atoms with Gasteiger partial charge in [0, 0.05) is 0 Å². The van der Waals surface area contributed by atoms with Gasteiger partial charge in [0.15, 0.2) is 5.82 Å². The minimum atomic E-state index is -4.20. The Kier molecular flexibility index (Phi) is 4.43. The van der Waals surface area contributed by atoms with Crippen LogP contribution in [0.1, 0.15) is 0 Å². The van der Waals surface area contributed by atoms with E-state index >= 15 is 0 Å². The average molecular weight is 365 g/mol. The number of benzene rings is 2. The molecular formula is C12H10ClFN2O4S2. The Morgan fingerprint density at radius 2 is 1.59 bits per heavy atom. The van der Waals surface area contributed by atoms with Gasteiger partial charge in [-0.3, -0.25) is 4.72 Å². The van der Waals surface area contributed by atoms with Crippen molar-refractivity contribution >= 4 is 37.3 Å². The molecule has 0 heterocycles. The van der Waals surface area contributed by atoms with E-state index in [0.29, 0.717) is 0 Å². The molecule has 118 valence electrons. The Morgan fingerprint density at radius 1 is 1.00 bits per heavy atom. The summed E-state index contributed by atoms with van der Waals surface area (Å²) < 4.78 is 62.6. The molecule has 0 saturated carbocycles. The Hall–Kier alpha value is -1.68. The van der Waals surface area contributed by atoms with Gasteiger partial charge in [-0.1, -0.05) is 23.7 Å². The van der Waals surface area contributed by atoms with Gasteiger partial charge in [0.05, 0.1) is 20.5 Å². The lowest BCUT2D eigenvalue weighted by molar-refractivity contribution is 0.596. The fourth-order valence-corrected chi connectivity index (χ4v) is 3.52. The van der Waals surface area contributed by atoms with Gasteiger partial charge < -0.3 is 0 Å². The number of anilines is 1. The summed E-state index contributed by atoms with van der Waals surface area (Å²) in [6.07, 6.45) is 0. The first kappa shape index (κ1) is 16.7. The lowest BCUT2D eigenvalue weighted by atomic mass is 10.3. The summed E-state index contributed by atoms with van der Waals surface area (Å²) in [6, 6.07) is 8.19. The predicted molar refractivity (Wildman–Crippen MR) is 80.0 cm³/mol. The number of nitrogens with two attached hydrogens (primary N) is 1. The van der Waals surface area contributed by atoms with Crippen LogP contribution in [0.4, 0.5) is 10.1 Å². The zero-order valence-corrected chi connectivity index (χ0v) is 13.2. The largest absolute Gasteiger partial charge is 0.277 e. The van der Waals surface area contributed by atoms with Crippen LogP contribution >= 0.6 is 11.6 Å². The van der Waals surface area contributed by atoms with Crippen molar-refractivity contribution in [3.05, 3.63) is 53.3 Å². The summed E-state index contributed by atoms with van der Waals surface area (Å²) in [6.45, 7) is 0. The number of hydrogen-bond acceptors (Lipinski definition) is 4. The molecule has 22 heavy (non-hydrogen) atoms. The summed E-state index contributed by atoms with van der Waals surface area (Å²) in [5.74, 6) is -0.935. The molecule has 0 aliphatic carbocycles. The molecular weight excluding hydrogens is 355 g/mol. The molecule has 3 N–H and O–H groups in total. The Morgan fingerprint density at radius 3 is 2.23 bits per heavy atom. The van der Waals surface area contributed by atoms with Gasteiger partial charge in [0.1, 0.15) is 0 Å². The van der Waals surface area contributed by atoms with Crippen LogP contribution in [0.5, 0.6) is 0 Å². The van der Waals surface area contributed by atoms with Crippen molar-refractivity contribution < 1.29 is 21.2 Å². The van der Waals surface area contributed by atoms with Crippen molar-refractivity contribution in [2.75, 3.05) is 4.72 Å². The van der Waals surface area contributed by atoms with E-state index in [9.17, 15) is 21.2 Å². The Bertz CT molecular complexity index is 930. The molecule has 2 aromatic carbocycles. The molecule has 10 heteroatoms. The van der Waals surface area contributed by atoms with Crippen LogP contribution in [0.25, 0.3) is 0 Å². The molecule has 0 aromatic heterocycles. The van der Waals surface area contributed by atoms with Gasteiger partial charge in [-0.15, -0.1) is 0 Å². The summed E-state index contributed by atoms with van der Waals surface area (Å²) in [7, 11) is -8.26. The molecule has 2 aromatic rings. The van der Waals surface area contributed by atoms with Crippen molar-refractivity contribution in [1.29, 1.82) is 0 Å². The quantitative estimate of drug-likeness (QED) is 0.864. The zero-order chi connectivity index (χ0) is 16.5. The molecule has 0 aliphatic rings. The number of hydrogen-bond donors (Lipinski definition) is 2. The molecule has 0 atom stereocenters. The van der Waals surface area contributed by atoms with Crippen molar-refractivity contribution in [2.45, 2.75) is 9.79 Å². The SMILES string of the molecule is NS(=O)(=O)c1cccc(S(=O)(=O)Nc2cccc(Cl)c2F)c1. The third-order valence-corrected chi connectivity index (χ3v) is 5.21. The van der Waals surface area contributed by atoms with E-state index in [2.05, 4.69) is 0 Å². The smallest absolute Gasteiger partial charge is 0.262 e. The minimum Gasteiger partial charge on any atom is -0.277 e. The normalized spacial score (nSPS) is 12.1. The number of nitrogens with one attached hydrogen (secondary N) is 1. The molecule has 0 radical (unpaired) electrons. The number of sulfonamides is 2. The van der Waals surface area contributed by atoms with E-state index in [0.717, 1.165) is 18.2 Å². The van der Waals surface area contributed by atoms with Gasteiger partial charge in [-0.2, -0.15) is 0 Å². The fourth-order valence-electron chi connectivity index (χ4n) is 1.60. The lowest BCUT2D eigenvalue weighted by Crippen LogP contribution is -2.16. The maximum absolute atomic E-state index is 13.7. The first-order chi connectivity index (χ1) is 10.1. The van der Waals surface area contributed by atoms with E-state index in [1.54, 1.807) is 0 Å². The van der Waals surface area contributed by atoms with E-state index in [1.165, 1.54) is 24.3 Å². The molecule has 0 spiro atoms. The standard InChI is InChI=1S/C12H10ClFN2O4S2/c13-10-5-2-6-11(12(10)14)16-22(19,20)9-4-1-3-8(7-9)21(15,17)18/h1-7,16H,(H2,15,17,18). The molecule has 0 amide bonds. The number of primary sulfonamides is 1. The van der Waals surface area contributed by atoms with Gasteiger partial charge >= 0.3 is 0 Å². The molecule has 2 rings (SSSR count). The zero-order valence-electron chi connectivity index (χ0n) is 10.8. The highest BCUT2D eigenvalue weighted by Gasteiger charge is 2.19. The summed E-state index contributed by atoms with van der Waals surface area (Å²) in [5, 5.41) is 4.69. The van der Waals surface area contributed by atoms with Crippen LogP contribution < -0.4 is 9.86 Å². The Labute approximate surface area is 131 Å². The molecule has 0 saturated heterocycles. The Balaban J connectivity index is 2.46. The van der Waals surface area contributed by atoms with Gasteiger partial charge in [-0.05, 0) is 30.3 Å². The average Bonchev–Trinajstić information content (AvgIpc) is 2.43. The second-order valence-electron chi connectivity index (χ2n) is 4.23. The minimum absolute atomic E-state index is 0.251. The van der Waals surface area contributed by atoms with E-state index in [-0.39, 0.29) is 20.5 Å². The second-order valence-corrected chi connectivity index (χ2v) is 7.88. The van der Waals surface area contributed by atoms with Crippen molar-refractivity contribution in [1.82, 2.24) is 0 Å². The van der Waals surface area contributed by atoms with Crippen LogP contribution in [0.3, 0.4) is 0 Å². The number of halogens is 2. The lowest BCUT2D eigenvalue weighted by Gasteiger charge is -2.10. The third-order valence-electron chi connectivity index (χ3n) is 2.64. The summed E-state index contributed by atoms with van der Waals surface area (Å²) >= 11 is 5.57. The van der Waals surface area contributed by atoms with E-state index < -0.39 is 25.9 Å². The van der Waals surface area contributed by atoms with E-state index in [1.807, 2.05) is 4.72 Å². The fraction of sp³-hybridized carbons (Fsp3) is 0. The van der Waals surface area contributed by atoms with Crippen LogP contribution in [0, 0.1) is 5.82 Å². The van der Waals surface area contributed by atoms with Crippen molar-refractivity contribution in [3.63, 3.8) is 0 Å². The highest BCUT2D eigenvalue weighted by molar-refractivity contribution is 7.93. The maximum Gasteiger partial charge on any atom is 0.262 e. The van der Waals surface area contributed by atoms with Gasteiger partial charge in [0.25, 0.3) is 10.0 Å². The van der Waals surface area contributed by atoms with Crippen molar-refractivity contribution in [2.24, 2.45) is 5.14 Å². The van der Waals surface area contributed by atoms with Gasteiger partial charge in [0.2, 0.25) is 10.0 Å². The van der Waals surface area contributed by atoms with Crippen LogP contribution in [0.15, 0.2) is 52.3 Å². The molecule has 0 unspecified atom stereocenters. The van der Waals surface area contributed by atoms with Crippen LogP contribution in [0.2, 0.25) is 5.02 Å². The topological polar surface area (TPSA) is 106 Å². The monoisotopic (exact) mass is 364 g/mol. The molecule has 0 fully saturated rings. The maximum atomic E-state index is 13.7. The van der Waals surface area contributed by atoms with Crippen LogP contribution in [-0.2, 0) is 20.0 Å². The third kappa shape index (κ3) is 3.55. The van der Waals surface area contributed by atoms with Gasteiger partial charge in [-0.25, -0.2) is 26.4 Å². The number of rotatable bonds is 4. The first-order valence-corrected chi connectivity index (χ1v) is 9.12. The summed E-state index contributed by atoms with van der Waals surface area (Å²) in [4.78, 5) is -0.750. The highest BCUT2D eigenvalue weighted by Crippen LogP contribution is 2.25. The molecule has 0 bridgehead atoms. The molecule has 0 aliphatic heterocycles. The highest BCUT2D eigenvalue weighted by atomic mass is 35.5. The van der Waals surface area contributed by atoms with E-state index in [4.69, 9.17) is 16.7 Å². The first-order valence-electron chi connectivity index (χ1n) is 5.71. The second kappa shape index (κ2) is 5.84. The predicted octanol–water partition coefficient (Wildman–Crippen LogP) is 1.93.